The van der Waals surface area contributed by atoms with E-state index in [2.05, 4.69) is 52.2 Å². The maximum absolute atomic E-state index is 4.36. The number of fused-ring (bicyclic) bond motifs is 1. The summed E-state index contributed by atoms with van der Waals surface area (Å²) in [6.45, 7) is 2.10. The Morgan fingerprint density at radius 1 is 1.19 bits per heavy atom. The summed E-state index contributed by atoms with van der Waals surface area (Å²) in [5.74, 6) is 0. The minimum Gasteiger partial charge on any atom is -1.00 e. The van der Waals surface area contributed by atoms with Gasteiger partial charge >= 0.3 is 0 Å². The van der Waals surface area contributed by atoms with Crippen molar-refractivity contribution in [1.82, 2.24) is 9.38 Å². The molecule has 0 unspecified atom stereocenters. The zero-order valence-corrected chi connectivity index (χ0v) is 11.1. The van der Waals surface area contributed by atoms with Gasteiger partial charge in [0.1, 0.15) is 0 Å². The van der Waals surface area contributed by atoms with Crippen LogP contribution in [0.2, 0.25) is 0 Å². The smallest absolute Gasteiger partial charge is 0.194 e. The largest absolute Gasteiger partial charge is 1.00 e. The molecule has 3 aromatic rings. The van der Waals surface area contributed by atoms with Crippen molar-refractivity contribution < 1.29 is 17.0 Å². The highest BCUT2D eigenvalue weighted by atomic mass is 79.9. The summed E-state index contributed by atoms with van der Waals surface area (Å²) in [4.78, 5) is 5.41. The van der Waals surface area contributed by atoms with Crippen LogP contribution in [-0.2, 0) is 0 Å². The molecule has 0 spiro atoms. The van der Waals surface area contributed by atoms with Crippen LogP contribution in [0.4, 0.5) is 0 Å². The Morgan fingerprint density at radius 2 is 1.94 bits per heavy atom. The van der Waals surface area contributed by atoms with Crippen molar-refractivity contribution >= 4 is 16.3 Å². The van der Waals surface area contributed by atoms with Gasteiger partial charge in [0.05, 0.1) is 11.9 Å². The predicted molar refractivity (Wildman–Crippen MR) is 63.2 cm³/mol. The van der Waals surface area contributed by atoms with Gasteiger partial charge in [0.15, 0.2) is 4.96 Å². The molecule has 2 nitrogen and oxygen atoms in total. The molecule has 0 saturated heterocycles. The van der Waals surface area contributed by atoms with Crippen LogP contribution in [-0.4, -0.2) is 9.38 Å². The number of aryl methyl sites for hydroxylation is 1. The maximum Gasteiger partial charge on any atom is 0.194 e. The molecular formula is C12H10BrN2S-. The third-order valence-electron chi connectivity index (χ3n) is 2.49. The second kappa shape index (κ2) is 4.39. The Labute approximate surface area is 108 Å². The first-order valence-electron chi connectivity index (χ1n) is 4.82. The molecule has 0 aliphatic carbocycles. The number of halogens is 1. The SMILES string of the molecule is Cc1ccc(-c2cnc3sccn23)cc1.[Br-]. The molecule has 16 heavy (non-hydrogen) atoms. The van der Waals surface area contributed by atoms with E-state index in [1.165, 1.54) is 11.1 Å². The van der Waals surface area contributed by atoms with Crippen molar-refractivity contribution in [1.29, 1.82) is 0 Å². The fourth-order valence-corrected chi connectivity index (χ4v) is 2.36. The second-order valence-corrected chi connectivity index (χ2v) is 4.44. The summed E-state index contributed by atoms with van der Waals surface area (Å²) in [5, 5.41) is 2.06. The molecule has 4 heteroatoms. The number of nitrogens with zero attached hydrogens (tertiary/aromatic N) is 2. The first-order valence-corrected chi connectivity index (χ1v) is 5.70. The van der Waals surface area contributed by atoms with Crippen molar-refractivity contribution in [2.45, 2.75) is 6.92 Å². The highest BCUT2D eigenvalue weighted by molar-refractivity contribution is 7.15. The first kappa shape index (κ1) is 11.4. The van der Waals surface area contributed by atoms with Gasteiger partial charge in [-0.1, -0.05) is 29.8 Å². The summed E-state index contributed by atoms with van der Waals surface area (Å²) in [6.07, 6.45) is 3.98. The minimum atomic E-state index is 0. The first-order chi connectivity index (χ1) is 7.34. The van der Waals surface area contributed by atoms with Gasteiger partial charge in [-0.25, -0.2) is 4.98 Å². The highest BCUT2D eigenvalue weighted by Crippen LogP contribution is 2.23. The van der Waals surface area contributed by atoms with Gasteiger partial charge in [-0.15, -0.1) is 11.3 Å². The lowest BCUT2D eigenvalue weighted by Crippen LogP contribution is -3.00. The number of benzene rings is 1. The van der Waals surface area contributed by atoms with Gasteiger partial charge < -0.3 is 17.0 Å². The van der Waals surface area contributed by atoms with Crippen LogP contribution in [0, 0.1) is 6.92 Å². The van der Waals surface area contributed by atoms with Gasteiger partial charge in [0.2, 0.25) is 0 Å². The molecule has 3 rings (SSSR count). The van der Waals surface area contributed by atoms with Crippen molar-refractivity contribution in [2.75, 3.05) is 0 Å². The van der Waals surface area contributed by atoms with Crippen LogP contribution in [0.1, 0.15) is 5.56 Å². The standard InChI is InChI=1S/C12H10N2S.BrH/c1-9-2-4-10(5-3-9)11-8-13-12-14(11)6-7-15-12;/h2-8H,1H3;1H/p-1. The Hall–Kier alpha value is -1.13. The van der Waals surface area contributed by atoms with E-state index < -0.39 is 0 Å². The van der Waals surface area contributed by atoms with Crippen molar-refractivity contribution in [2.24, 2.45) is 0 Å². The van der Waals surface area contributed by atoms with E-state index in [1.807, 2.05) is 6.20 Å². The van der Waals surface area contributed by atoms with Crippen LogP contribution in [0.3, 0.4) is 0 Å². The fraction of sp³-hybridized carbons (Fsp3) is 0.0833. The molecule has 0 bridgehead atoms. The van der Waals surface area contributed by atoms with Crippen LogP contribution in [0.5, 0.6) is 0 Å². The number of aromatic nitrogens is 2. The molecule has 2 aromatic heterocycles. The Balaban J connectivity index is 0.000000963. The normalized spacial score (nSPS) is 10.3. The van der Waals surface area contributed by atoms with Gasteiger partial charge in [-0.2, -0.15) is 0 Å². The second-order valence-electron chi connectivity index (χ2n) is 3.57. The fourth-order valence-electron chi connectivity index (χ4n) is 1.67. The van der Waals surface area contributed by atoms with E-state index in [1.54, 1.807) is 11.3 Å². The lowest BCUT2D eigenvalue weighted by Gasteiger charge is -1.99. The summed E-state index contributed by atoms with van der Waals surface area (Å²) in [6, 6.07) is 8.52. The monoisotopic (exact) mass is 293 g/mol. The molecule has 0 saturated carbocycles. The van der Waals surface area contributed by atoms with Gasteiger partial charge in [0.25, 0.3) is 0 Å². The molecule has 0 radical (unpaired) electrons. The lowest BCUT2D eigenvalue weighted by atomic mass is 10.1. The molecular weight excluding hydrogens is 284 g/mol. The molecule has 1 aromatic carbocycles. The van der Waals surface area contributed by atoms with Crippen molar-refractivity contribution in [3.05, 3.63) is 47.6 Å². The van der Waals surface area contributed by atoms with Gasteiger partial charge in [-0.3, -0.25) is 4.40 Å². The van der Waals surface area contributed by atoms with Gasteiger partial charge in [-0.05, 0) is 6.92 Å². The average molecular weight is 294 g/mol. The van der Waals surface area contributed by atoms with Crippen LogP contribution in [0.25, 0.3) is 16.2 Å². The van der Waals surface area contributed by atoms with Crippen molar-refractivity contribution in [3.8, 4) is 11.3 Å². The topological polar surface area (TPSA) is 17.3 Å². The maximum atomic E-state index is 4.36. The molecule has 2 heterocycles. The molecule has 0 aliphatic rings. The highest BCUT2D eigenvalue weighted by Gasteiger charge is 2.05. The average Bonchev–Trinajstić information content (AvgIpc) is 2.80. The summed E-state index contributed by atoms with van der Waals surface area (Å²) in [5.41, 5.74) is 3.66. The zero-order chi connectivity index (χ0) is 10.3. The number of rotatable bonds is 1. The van der Waals surface area contributed by atoms with Crippen molar-refractivity contribution in [3.63, 3.8) is 0 Å². The molecule has 0 fully saturated rings. The number of imidazole rings is 1. The van der Waals surface area contributed by atoms with Crippen LogP contribution >= 0.6 is 11.3 Å². The molecule has 0 atom stereocenters. The van der Waals surface area contributed by atoms with E-state index in [4.69, 9.17) is 0 Å². The van der Waals surface area contributed by atoms with E-state index in [0.717, 1.165) is 10.7 Å². The minimum absolute atomic E-state index is 0. The molecule has 0 amide bonds. The predicted octanol–water partition coefficient (Wildman–Crippen LogP) is 0.375. The molecule has 0 N–H and O–H groups in total. The number of hydrogen-bond donors (Lipinski definition) is 0. The van der Waals surface area contributed by atoms with Crippen LogP contribution in [0.15, 0.2) is 42.0 Å². The Kier molecular flexibility index (Phi) is 3.12. The third-order valence-corrected chi connectivity index (χ3v) is 3.26. The summed E-state index contributed by atoms with van der Waals surface area (Å²) >= 11 is 1.66. The third kappa shape index (κ3) is 1.79. The quantitative estimate of drug-likeness (QED) is 0.634. The van der Waals surface area contributed by atoms with E-state index in [9.17, 15) is 0 Å². The molecule has 0 aliphatic heterocycles. The zero-order valence-electron chi connectivity index (χ0n) is 8.72. The Morgan fingerprint density at radius 3 is 2.69 bits per heavy atom. The summed E-state index contributed by atoms with van der Waals surface area (Å²) in [7, 11) is 0. The van der Waals surface area contributed by atoms with E-state index >= 15 is 0 Å². The van der Waals surface area contributed by atoms with Gasteiger partial charge in [0, 0.05) is 17.1 Å². The number of hydrogen-bond acceptors (Lipinski definition) is 2. The van der Waals surface area contributed by atoms with E-state index in [-0.39, 0.29) is 17.0 Å². The van der Waals surface area contributed by atoms with E-state index in [0.29, 0.717) is 0 Å². The summed E-state index contributed by atoms with van der Waals surface area (Å²) < 4.78 is 2.12. The Bertz CT molecular complexity index is 595. The van der Waals surface area contributed by atoms with Crippen LogP contribution < -0.4 is 17.0 Å². The molecule has 82 valence electrons. The number of thiazole rings is 1. The lowest BCUT2D eigenvalue weighted by molar-refractivity contribution is -0.00000302.